The SMILES string of the molecule is CCCC(CC)n1c(CCl)nc2cc(F)c(C)cc21. The first-order valence-electron chi connectivity index (χ1n) is 6.85. The maximum Gasteiger partial charge on any atom is 0.128 e. The monoisotopic (exact) mass is 282 g/mol. The van der Waals surface area contributed by atoms with Crippen LogP contribution in [0.3, 0.4) is 0 Å². The Balaban J connectivity index is 2.65. The van der Waals surface area contributed by atoms with E-state index in [1.807, 2.05) is 6.07 Å². The molecule has 4 heteroatoms. The minimum Gasteiger partial charge on any atom is -0.324 e. The normalized spacial score (nSPS) is 13.1. The first-order valence-corrected chi connectivity index (χ1v) is 7.38. The fourth-order valence-electron chi connectivity index (χ4n) is 2.62. The van der Waals surface area contributed by atoms with Gasteiger partial charge in [0.1, 0.15) is 11.6 Å². The molecule has 0 N–H and O–H groups in total. The molecular formula is C15H20ClFN2. The van der Waals surface area contributed by atoms with E-state index in [4.69, 9.17) is 11.6 Å². The van der Waals surface area contributed by atoms with Gasteiger partial charge in [0.05, 0.1) is 16.9 Å². The molecule has 1 atom stereocenters. The molecule has 2 aromatic rings. The largest absolute Gasteiger partial charge is 0.324 e. The van der Waals surface area contributed by atoms with Crippen molar-refractivity contribution in [1.82, 2.24) is 9.55 Å². The first kappa shape index (κ1) is 14.3. The summed E-state index contributed by atoms with van der Waals surface area (Å²) in [6.07, 6.45) is 3.22. The van der Waals surface area contributed by atoms with Crippen molar-refractivity contribution in [3.63, 3.8) is 0 Å². The number of rotatable bonds is 5. The number of benzene rings is 1. The molecule has 0 aliphatic rings. The van der Waals surface area contributed by atoms with Gasteiger partial charge in [-0.3, -0.25) is 0 Å². The van der Waals surface area contributed by atoms with Crippen LogP contribution < -0.4 is 0 Å². The summed E-state index contributed by atoms with van der Waals surface area (Å²) in [5.74, 6) is 0.985. The molecule has 0 amide bonds. The number of alkyl halides is 1. The maximum atomic E-state index is 13.6. The minimum atomic E-state index is -0.207. The van der Waals surface area contributed by atoms with Crippen LogP contribution >= 0.6 is 11.6 Å². The summed E-state index contributed by atoms with van der Waals surface area (Å²) in [4.78, 5) is 4.48. The lowest BCUT2D eigenvalue weighted by atomic mass is 10.1. The number of halogens is 2. The van der Waals surface area contributed by atoms with E-state index in [0.717, 1.165) is 30.6 Å². The molecule has 0 saturated carbocycles. The molecule has 0 aliphatic carbocycles. The summed E-state index contributed by atoms with van der Waals surface area (Å²) in [5.41, 5.74) is 2.35. The third-order valence-electron chi connectivity index (χ3n) is 3.62. The molecule has 1 unspecified atom stereocenters. The van der Waals surface area contributed by atoms with E-state index in [-0.39, 0.29) is 5.82 Å². The van der Waals surface area contributed by atoms with Gasteiger partial charge in [-0.1, -0.05) is 20.3 Å². The quantitative estimate of drug-likeness (QED) is 0.708. The standard InChI is InChI=1S/C15H20ClFN2/c1-4-6-11(5-2)19-14-7-10(3)12(17)8-13(14)18-15(19)9-16/h7-8,11H,4-6,9H2,1-3H3. The highest BCUT2D eigenvalue weighted by atomic mass is 35.5. The van der Waals surface area contributed by atoms with Crippen LogP contribution in [0.2, 0.25) is 0 Å². The Labute approximate surface area is 118 Å². The van der Waals surface area contributed by atoms with E-state index in [0.29, 0.717) is 23.0 Å². The second-order valence-electron chi connectivity index (χ2n) is 4.97. The third kappa shape index (κ3) is 2.62. The highest BCUT2D eigenvalue weighted by molar-refractivity contribution is 6.16. The van der Waals surface area contributed by atoms with Gasteiger partial charge >= 0.3 is 0 Å². The van der Waals surface area contributed by atoms with Gasteiger partial charge < -0.3 is 4.57 Å². The van der Waals surface area contributed by atoms with E-state index in [9.17, 15) is 4.39 Å². The smallest absolute Gasteiger partial charge is 0.128 e. The highest BCUT2D eigenvalue weighted by Gasteiger charge is 2.18. The number of aromatic nitrogens is 2. The summed E-state index contributed by atoms with van der Waals surface area (Å²) in [6, 6.07) is 3.77. The first-order chi connectivity index (χ1) is 9.12. The molecule has 0 spiro atoms. The Morgan fingerprint density at radius 3 is 2.68 bits per heavy atom. The van der Waals surface area contributed by atoms with Crippen LogP contribution in [0.5, 0.6) is 0 Å². The zero-order chi connectivity index (χ0) is 14.0. The number of hydrogen-bond acceptors (Lipinski definition) is 1. The van der Waals surface area contributed by atoms with Crippen molar-refractivity contribution in [2.75, 3.05) is 0 Å². The van der Waals surface area contributed by atoms with Crippen molar-refractivity contribution in [3.8, 4) is 0 Å². The topological polar surface area (TPSA) is 17.8 Å². The highest BCUT2D eigenvalue weighted by Crippen LogP contribution is 2.28. The van der Waals surface area contributed by atoms with Crippen LogP contribution in [0.1, 0.15) is 50.5 Å². The predicted molar refractivity (Wildman–Crippen MR) is 78.2 cm³/mol. The van der Waals surface area contributed by atoms with Crippen LogP contribution in [0.4, 0.5) is 4.39 Å². The molecular weight excluding hydrogens is 263 g/mol. The lowest BCUT2D eigenvalue weighted by molar-refractivity contribution is 0.448. The molecule has 0 radical (unpaired) electrons. The average molecular weight is 283 g/mol. The maximum absolute atomic E-state index is 13.6. The summed E-state index contributed by atoms with van der Waals surface area (Å²) >= 11 is 6.01. The molecule has 1 aromatic carbocycles. The Morgan fingerprint density at radius 1 is 1.37 bits per heavy atom. The molecule has 1 heterocycles. The van der Waals surface area contributed by atoms with Crippen LogP contribution in [0, 0.1) is 12.7 Å². The van der Waals surface area contributed by atoms with E-state index in [1.165, 1.54) is 6.07 Å². The van der Waals surface area contributed by atoms with Gasteiger partial charge in [-0.2, -0.15) is 0 Å². The Bertz CT molecular complexity index is 577. The number of hydrogen-bond donors (Lipinski definition) is 0. The van der Waals surface area contributed by atoms with Crippen LogP contribution in [-0.2, 0) is 5.88 Å². The van der Waals surface area contributed by atoms with E-state index in [2.05, 4.69) is 23.4 Å². The predicted octanol–water partition coefficient (Wildman–Crippen LogP) is 4.97. The molecule has 0 bridgehead atoms. The van der Waals surface area contributed by atoms with Crippen molar-refractivity contribution in [1.29, 1.82) is 0 Å². The summed E-state index contributed by atoms with van der Waals surface area (Å²) in [6.45, 7) is 6.13. The van der Waals surface area contributed by atoms with E-state index in [1.54, 1.807) is 6.92 Å². The van der Waals surface area contributed by atoms with E-state index >= 15 is 0 Å². The third-order valence-corrected chi connectivity index (χ3v) is 3.86. The fourth-order valence-corrected chi connectivity index (χ4v) is 2.81. The lowest BCUT2D eigenvalue weighted by Crippen LogP contribution is -2.11. The second-order valence-corrected chi connectivity index (χ2v) is 5.24. The number of nitrogens with zero attached hydrogens (tertiary/aromatic N) is 2. The van der Waals surface area contributed by atoms with Crippen molar-refractivity contribution < 1.29 is 4.39 Å². The molecule has 2 rings (SSSR count). The van der Waals surface area contributed by atoms with Crippen molar-refractivity contribution in [3.05, 3.63) is 29.3 Å². The number of aryl methyl sites for hydroxylation is 1. The van der Waals surface area contributed by atoms with Crippen molar-refractivity contribution in [2.45, 2.75) is 52.0 Å². The molecule has 19 heavy (non-hydrogen) atoms. The molecule has 0 saturated heterocycles. The Kier molecular flexibility index (Phi) is 4.46. The summed E-state index contributed by atoms with van der Waals surface area (Å²) in [5, 5.41) is 0. The molecule has 1 aromatic heterocycles. The average Bonchev–Trinajstić information content (AvgIpc) is 2.74. The summed E-state index contributed by atoms with van der Waals surface area (Å²) < 4.78 is 15.8. The van der Waals surface area contributed by atoms with Gasteiger partial charge in [0.2, 0.25) is 0 Å². The summed E-state index contributed by atoms with van der Waals surface area (Å²) in [7, 11) is 0. The van der Waals surface area contributed by atoms with Gasteiger partial charge in [0.15, 0.2) is 0 Å². The van der Waals surface area contributed by atoms with Crippen LogP contribution in [0.15, 0.2) is 12.1 Å². The van der Waals surface area contributed by atoms with Crippen molar-refractivity contribution in [2.24, 2.45) is 0 Å². The number of fused-ring (bicyclic) bond motifs is 1. The molecule has 0 fully saturated rings. The fraction of sp³-hybridized carbons (Fsp3) is 0.533. The van der Waals surface area contributed by atoms with Gasteiger partial charge in [-0.05, 0) is 31.4 Å². The zero-order valence-electron chi connectivity index (χ0n) is 11.7. The van der Waals surface area contributed by atoms with Gasteiger partial charge in [0, 0.05) is 12.1 Å². The zero-order valence-corrected chi connectivity index (χ0v) is 12.5. The van der Waals surface area contributed by atoms with Gasteiger partial charge in [-0.15, -0.1) is 11.6 Å². The molecule has 104 valence electrons. The molecule has 0 aliphatic heterocycles. The molecule has 2 nitrogen and oxygen atoms in total. The van der Waals surface area contributed by atoms with Crippen molar-refractivity contribution >= 4 is 22.6 Å². The van der Waals surface area contributed by atoms with Gasteiger partial charge in [0.25, 0.3) is 0 Å². The second kappa shape index (κ2) is 5.91. The van der Waals surface area contributed by atoms with Crippen LogP contribution in [0.25, 0.3) is 11.0 Å². The Hall–Kier alpha value is -1.09. The van der Waals surface area contributed by atoms with Crippen LogP contribution in [-0.4, -0.2) is 9.55 Å². The lowest BCUT2D eigenvalue weighted by Gasteiger charge is -2.19. The minimum absolute atomic E-state index is 0.207. The van der Waals surface area contributed by atoms with Gasteiger partial charge in [-0.25, -0.2) is 9.37 Å². The van der Waals surface area contributed by atoms with E-state index < -0.39 is 0 Å². The number of imidazole rings is 1. The Morgan fingerprint density at radius 2 is 2.11 bits per heavy atom.